The van der Waals surface area contributed by atoms with Gasteiger partial charge in [-0.05, 0) is 49.4 Å². The highest BCUT2D eigenvalue weighted by Gasteiger charge is 2.16. The Bertz CT molecular complexity index is 821. The predicted molar refractivity (Wildman–Crippen MR) is 80.7 cm³/mol. The Morgan fingerprint density at radius 1 is 1.09 bits per heavy atom. The molecule has 0 fully saturated rings. The van der Waals surface area contributed by atoms with Crippen LogP contribution in [-0.2, 0) is 0 Å². The molecule has 0 bridgehead atoms. The van der Waals surface area contributed by atoms with E-state index >= 15 is 0 Å². The second-order valence-corrected chi connectivity index (χ2v) is 4.97. The van der Waals surface area contributed by atoms with Crippen molar-refractivity contribution in [1.82, 2.24) is 9.78 Å². The molecule has 0 atom stereocenters. The number of rotatable bonds is 3. The molecule has 5 heteroatoms. The third-order valence-corrected chi connectivity index (χ3v) is 3.35. The molecule has 22 heavy (non-hydrogen) atoms. The Morgan fingerprint density at radius 2 is 1.73 bits per heavy atom. The number of benzene rings is 2. The summed E-state index contributed by atoms with van der Waals surface area (Å²) in [6, 6.07) is 14.7. The fourth-order valence-electron chi connectivity index (χ4n) is 2.18. The first-order valence-electron chi connectivity index (χ1n) is 6.71. The zero-order valence-corrected chi connectivity index (χ0v) is 11.8. The van der Waals surface area contributed by atoms with Gasteiger partial charge in [0.05, 0.1) is 11.4 Å². The van der Waals surface area contributed by atoms with Gasteiger partial charge in [0.2, 0.25) is 0 Å². The number of carboxylic acids is 1. The van der Waals surface area contributed by atoms with Gasteiger partial charge >= 0.3 is 5.97 Å². The average molecular weight is 296 g/mol. The van der Waals surface area contributed by atoms with Gasteiger partial charge in [0.15, 0.2) is 5.69 Å². The summed E-state index contributed by atoms with van der Waals surface area (Å²) in [4.78, 5) is 11.4. The molecular weight excluding hydrogens is 283 g/mol. The van der Waals surface area contributed by atoms with Crippen LogP contribution in [0, 0.1) is 12.7 Å². The molecule has 3 aromatic rings. The van der Waals surface area contributed by atoms with Crippen LogP contribution < -0.4 is 0 Å². The van der Waals surface area contributed by atoms with E-state index in [1.165, 1.54) is 22.9 Å². The standard InChI is InChI=1S/C17H13FN2O2/c1-11-2-8-14(9-3-11)20-16(17(21)22)10-15(19-20)12-4-6-13(18)7-5-12/h2-10H,1H3,(H,21,22). The monoisotopic (exact) mass is 296 g/mol. The maximum atomic E-state index is 13.0. The van der Waals surface area contributed by atoms with E-state index in [4.69, 9.17) is 0 Å². The van der Waals surface area contributed by atoms with Gasteiger partial charge in [0.1, 0.15) is 5.82 Å². The van der Waals surface area contributed by atoms with Crippen LogP contribution in [0.1, 0.15) is 16.1 Å². The molecule has 0 aliphatic rings. The van der Waals surface area contributed by atoms with Gasteiger partial charge < -0.3 is 5.11 Å². The Balaban J connectivity index is 2.11. The van der Waals surface area contributed by atoms with Crippen molar-refractivity contribution in [3.05, 3.63) is 71.7 Å². The van der Waals surface area contributed by atoms with Crippen molar-refractivity contribution in [3.8, 4) is 16.9 Å². The van der Waals surface area contributed by atoms with Crippen LogP contribution in [0.3, 0.4) is 0 Å². The maximum absolute atomic E-state index is 13.0. The first-order chi connectivity index (χ1) is 10.5. The van der Waals surface area contributed by atoms with Crippen LogP contribution in [0.15, 0.2) is 54.6 Å². The number of aromatic carboxylic acids is 1. The first kappa shape index (κ1) is 14.0. The van der Waals surface area contributed by atoms with Crippen molar-refractivity contribution < 1.29 is 14.3 Å². The first-order valence-corrected chi connectivity index (χ1v) is 6.71. The zero-order chi connectivity index (χ0) is 15.7. The van der Waals surface area contributed by atoms with E-state index in [1.807, 2.05) is 31.2 Å². The summed E-state index contributed by atoms with van der Waals surface area (Å²) in [5.41, 5.74) is 2.94. The Morgan fingerprint density at radius 3 is 2.32 bits per heavy atom. The van der Waals surface area contributed by atoms with Gasteiger partial charge in [-0.15, -0.1) is 0 Å². The molecule has 0 radical (unpaired) electrons. The number of halogens is 1. The summed E-state index contributed by atoms with van der Waals surface area (Å²) in [6.07, 6.45) is 0. The minimum Gasteiger partial charge on any atom is -0.477 e. The lowest BCUT2D eigenvalue weighted by Crippen LogP contribution is -2.07. The molecule has 1 N–H and O–H groups in total. The lowest BCUT2D eigenvalue weighted by Gasteiger charge is -2.04. The Hall–Kier alpha value is -2.95. The smallest absolute Gasteiger partial charge is 0.354 e. The van der Waals surface area contributed by atoms with Crippen LogP contribution >= 0.6 is 0 Å². The number of hydrogen-bond donors (Lipinski definition) is 1. The summed E-state index contributed by atoms with van der Waals surface area (Å²) in [7, 11) is 0. The molecule has 110 valence electrons. The lowest BCUT2D eigenvalue weighted by molar-refractivity contribution is 0.0687. The third kappa shape index (κ3) is 2.61. The van der Waals surface area contributed by atoms with E-state index < -0.39 is 5.97 Å². The second-order valence-electron chi connectivity index (χ2n) is 4.97. The van der Waals surface area contributed by atoms with Crippen molar-refractivity contribution in [1.29, 1.82) is 0 Å². The van der Waals surface area contributed by atoms with Gasteiger partial charge in [-0.2, -0.15) is 5.10 Å². The molecular formula is C17H13FN2O2. The molecule has 0 saturated carbocycles. The van der Waals surface area contributed by atoms with Crippen LogP contribution in [-0.4, -0.2) is 20.9 Å². The van der Waals surface area contributed by atoms with Crippen LogP contribution in [0.4, 0.5) is 4.39 Å². The molecule has 0 saturated heterocycles. The molecule has 0 amide bonds. The summed E-state index contributed by atoms with van der Waals surface area (Å²) in [5, 5.41) is 13.7. The molecule has 2 aromatic carbocycles. The topological polar surface area (TPSA) is 55.1 Å². The van der Waals surface area contributed by atoms with Gasteiger partial charge in [-0.3, -0.25) is 0 Å². The van der Waals surface area contributed by atoms with Gasteiger partial charge in [0, 0.05) is 5.56 Å². The molecule has 4 nitrogen and oxygen atoms in total. The molecule has 1 heterocycles. The van der Waals surface area contributed by atoms with Crippen molar-refractivity contribution in [2.75, 3.05) is 0 Å². The van der Waals surface area contributed by atoms with Gasteiger partial charge in [-0.25, -0.2) is 13.9 Å². The highest BCUT2D eigenvalue weighted by Crippen LogP contribution is 2.22. The van der Waals surface area contributed by atoms with Crippen LogP contribution in [0.25, 0.3) is 16.9 Å². The molecule has 3 rings (SSSR count). The number of hydrogen-bond acceptors (Lipinski definition) is 2. The van der Waals surface area contributed by atoms with E-state index in [9.17, 15) is 14.3 Å². The maximum Gasteiger partial charge on any atom is 0.354 e. The minimum absolute atomic E-state index is 0.0585. The van der Waals surface area contributed by atoms with E-state index in [0.29, 0.717) is 16.9 Å². The molecule has 0 aliphatic heterocycles. The highest BCUT2D eigenvalue weighted by molar-refractivity contribution is 5.88. The van der Waals surface area contributed by atoms with E-state index in [2.05, 4.69) is 5.10 Å². The fraction of sp³-hybridized carbons (Fsp3) is 0.0588. The summed E-state index contributed by atoms with van der Waals surface area (Å²) in [5.74, 6) is -1.42. The summed E-state index contributed by atoms with van der Waals surface area (Å²) in [6.45, 7) is 1.95. The summed E-state index contributed by atoms with van der Waals surface area (Å²) >= 11 is 0. The molecule has 0 aliphatic carbocycles. The Labute approximate surface area is 126 Å². The van der Waals surface area contributed by atoms with Crippen molar-refractivity contribution in [2.45, 2.75) is 6.92 Å². The number of carboxylic acid groups (broad SMARTS) is 1. The van der Waals surface area contributed by atoms with E-state index in [1.54, 1.807) is 12.1 Å². The lowest BCUT2D eigenvalue weighted by atomic mass is 10.1. The highest BCUT2D eigenvalue weighted by atomic mass is 19.1. The average Bonchev–Trinajstić information content (AvgIpc) is 2.94. The van der Waals surface area contributed by atoms with Crippen LogP contribution in [0.2, 0.25) is 0 Å². The molecule has 0 unspecified atom stereocenters. The predicted octanol–water partition coefficient (Wildman–Crippen LogP) is 3.69. The third-order valence-electron chi connectivity index (χ3n) is 3.35. The molecule has 1 aromatic heterocycles. The number of carbonyl (C=O) groups is 1. The SMILES string of the molecule is Cc1ccc(-n2nc(-c3ccc(F)cc3)cc2C(=O)O)cc1. The van der Waals surface area contributed by atoms with E-state index in [0.717, 1.165) is 5.56 Å². The van der Waals surface area contributed by atoms with Crippen LogP contribution in [0.5, 0.6) is 0 Å². The van der Waals surface area contributed by atoms with Gasteiger partial charge in [0.25, 0.3) is 0 Å². The van der Waals surface area contributed by atoms with Crippen molar-refractivity contribution >= 4 is 5.97 Å². The minimum atomic E-state index is -1.07. The van der Waals surface area contributed by atoms with Crippen molar-refractivity contribution in [2.24, 2.45) is 0 Å². The van der Waals surface area contributed by atoms with Crippen molar-refractivity contribution in [3.63, 3.8) is 0 Å². The largest absolute Gasteiger partial charge is 0.477 e. The quantitative estimate of drug-likeness (QED) is 0.802. The van der Waals surface area contributed by atoms with E-state index in [-0.39, 0.29) is 11.5 Å². The number of aromatic nitrogens is 2. The van der Waals surface area contributed by atoms with Gasteiger partial charge in [-0.1, -0.05) is 17.7 Å². The molecule has 0 spiro atoms. The number of nitrogens with zero attached hydrogens (tertiary/aromatic N) is 2. The fourth-order valence-corrected chi connectivity index (χ4v) is 2.18. The Kier molecular flexibility index (Phi) is 3.47. The normalized spacial score (nSPS) is 10.6. The number of aryl methyl sites for hydroxylation is 1. The zero-order valence-electron chi connectivity index (χ0n) is 11.8. The second kappa shape index (κ2) is 5.44. The summed E-state index contributed by atoms with van der Waals surface area (Å²) < 4.78 is 14.4.